The van der Waals surface area contributed by atoms with Crippen LogP contribution in [0.25, 0.3) is 0 Å². The number of aliphatic hydroxyl groups excluding tert-OH is 1. The number of aliphatic hydroxyl groups is 1. The highest BCUT2D eigenvalue weighted by Gasteiger charge is 2.17. The van der Waals surface area contributed by atoms with E-state index in [9.17, 15) is 5.11 Å². The molecule has 0 aliphatic carbocycles. The van der Waals surface area contributed by atoms with E-state index in [2.05, 4.69) is 4.90 Å². The molecule has 0 amide bonds. The summed E-state index contributed by atoms with van der Waals surface area (Å²) in [6.07, 6.45) is 0.883. The fourth-order valence-corrected chi connectivity index (χ4v) is 3.64. The van der Waals surface area contributed by atoms with Crippen molar-refractivity contribution in [1.82, 2.24) is 4.90 Å². The van der Waals surface area contributed by atoms with Crippen molar-refractivity contribution in [2.24, 2.45) is 0 Å². The molecule has 0 fully saturated rings. The summed E-state index contributed by atoms with van der Waals surface area (Å²) in [5.74, 6) is 2.59. The molecule has 0 saturated carbocycles. The Balaban J connectivity index is 1.66. The normalized spacial score (nSPS) is 12.1. The van der Waals surface area contributed by atoms with Crippen molar-refractivity contribution in [1.29, 1.82) is 0 Å². The van der Waals surface area contributed by atoms with Gasteiger partial charge < -0.3 is 23.7 Å². The molecule has 1 N–H and O–H groups in total. The van der Waals surface area contributed by atoms with Crippen molar-refractivity contribution in [2.75, 3.05) is 27.4 Å². The van der Waals surface area contributed by atoms with Crippen molar-refractivity contribution in [3.8, 4) is 17.2 Å². The maximum atomic E-state index is 10.6. The van der Waals surface area contributed by atoms with Crippen molar-refractivity contribution in [2.45, 2.75) is 19.2 Å². The van der Waals surface area contributed by atoms with Gasteiger partial charge in [0.05, 0.1) is 32.1 Å². The average molecular weight is 466 g/mol. The molecule has 0 saturated heterocycles. The quantitative estimate of drug-likeness (QED) is 0.427. The SMILES string of the molecule is COc1ccc(CN(Cc2ccco2)CC(O)COc2ccc(Cl)cc2Cl)cc1OC. The zero-order chi connectivity index (χ0) is 22.2. The van der Waals surface area contributed by atoms with Crippen molar-refractivity contribution in [3.05, 3.63) is 76.2 Å². The molecule has 1 atom stereocenters. The number of benzene rings is 2. The summed E-state index contributed by atoms with van der Waals surface area (Å²) >= 11 is 12.1. The van der Waals surface area contributed by atoms with Gasteiger partial charge in [-0.15, -0.1) is 0 Å². The lowest BCUT2D eigenvalue weighted by atomic mass is 10.1. The number of ether oxygens (including phenoxy) is 3. The molecule has 1 aromatic heterocycles. The first kappa shape index (κ1) is 23.3. The van der Waals surface area contributed by atoms with E-state index in [1.165, 1.54) is 0 Å². The molecule has 1 heterocycles. The lowest BCUT2D eigenvalue weighted by molar-refractivity contribution is 0.0605. The predicted octanol–water partition coefficient (Wildman–Crippen LogP) is 5.05. The number of furan rings is 1. The number of hydrogen-bond acceptors (Lipinski definition) is 6. The van der Waals surface area contributed by atoms with Crippen LogP contribution in [0.3, 0.4) is 0 Å². The Morgan fingerprint density at radius 3 is 2.42 bits per heavy atom. The second-order valence-corrected chi connectivity index (χ2v) is 7.82. The van der Waals surface area contributed by atoms with Crippen molar-refractivity contribution >= 4 is 23.2 Å². The molecule has 2 aromatic carbocycles. The van der Waals surface area contributed by atoms with Gasteiger partial charge in [0, 0.05) is 18.1 Å². The highest BCUT2D eigenvalue weighted by Crippen LogP contribution is 2.29. The average Bonchev–Trinajstić information content (AvgIpc) is 3.26. The largest absolute Gasteiger partial charge is 0.493 e. The highest BCUT2D eigenvalue weighted by molar-refractivity contribution is 6.35. The third kappa shape index (κ3) is 6.80. The van der Waals surface area contributed by atoms with Crippen LogP contribution >= 0.6 is 23.2 Å². The number of rotatable bonds is 11. The van der Waals surface area contributed by atoms with Gasteiger partial charge in [0.25, 0.3) is 0 Å². The molecular formula is C23H25Cl2NO5. The van der Waals surface area contributed by atoms with Crippen LogP contribution in [0.2, 0.25) is 10.0 Å². The first-order chi connectivity index (χ1) is 15.0. The molecule has 6 nitrogen and oxygen atoms in total. The maximum Gasteiger partial charge on any atom is 0.161 e. The fraction of sp³-hybridized carbons (Fsp3) is 0.304. The zero-order valence-electron chi connectivity index (χ0n) is 17.4. The Bertz CT molecular complexity index is 965. The predicted molar refractivity (Wildman–Crippen MR) is 120 cm³/mol. The lowest BCUT2D eigenvalue weighted by Gasteiger charge is -2.25. The van der Waals surface area contributed by atoms with Gasteiger partial charge in [-0.1, -0.05) is 29.3 Å². The summed E-state index contributed by atoms with van der Waals surface area (Å²) in [5, 5.41) is 11.5. The van der Waals surface area contributed by atoms with Crippen LogP contribution in [0.4, 0.5) is 0 Å². The Morgan fingerprint density at radius 2 is 1.74 bits per heavy atom. The fourth-order valence-electron chi connectivity index (χ4n) is 3.17. The van der Waals surface area contributed by atoms with Crippen LogP contribution in [0.15, 0.2) is 59.2 Å². The number of methoxy groups -OCH3 is 2. The molecule has 31 heavy (non-hydrogen) atoms. The monoisotopic (exact) mass is 465 g/mol. The minimum Gasteiger partial charge on any atom is -0.493 e. The Morgan fingerprint density at radius 1 is 0.968 bits per heavy atom. The number of hydrogen-bond donors (Lipinski definition) is 1. The van der Waals surface area contributed by atoms with Crippen LogP contribution in [0.1, 0.15) is 11.3 Å². The molecule has 0 aliphatic rings. The van der Waals surface area contributed by atoms with Gasteiger partial charge in [-0.05, 0) is 48.0 Å². The molecule has 0 bridgehead atoms. The van der Waals surface area contributed by atoms with Gasteiger partial charge in [-0.2, -0.15) is 0 Å². The molecule has 3 rings (SSSR count). The molecule has 0 radical (unpaired) electrons. The van der Waals surface area contributed by atoms with E-state index in [1.54, 1.807) is 38.7 Å². The van der Waals surface area contributed by atoms with Crippen molar-refractivity contribution in [3.63, 3.8) is 0 Å². The third-order valence-electron chi connectivity index (χ3n) is 4.61. The van der Waals surface area contributed by atoms with Crippen LogP contribution in [0.5, 0.6) is 17.2 Å². The van der Waals surface area contributed by atoms with Gasteiger partial charge >= 0.3 is 0 Å². The minimum atomic E-state index is -0.748. The maximum absolute atomic E-state index is 10.6. The third-order valence-corrected chi connectivity index (χ3v) is 5.14. The topological polar surface area (TPSA) is 64.3 Å². The van der Waals surface area contributed by atoms with E-state index in [1.807, 2.05) is 30.3 Å². The van der Waals surface area contributed by atoms with E-state index in [-0.39, 0.29) is 6.61 Å². The Hall–Kier alpha value is -2.38. The number of halogens is 2. The first-order valence-electron chi connectivity index (χ1n) is 9.70. The van der Waals surface area contributed by atoms with E-state index >= 15 is 0 Å². The second-order valence-electron chi connectivity index (χ2n) is 6.98. The smallest absolute Gasteiger partial charge is 0.161 e. The van der Waals surface area contributed by atoms with Gasteiger partial charge in [0.1, 0.15) is 24.2 Å². The van der Waals surface area contributed by atoms with Gasteiger partial charge in [-0.25, -0.2) is 0 Å². The van der Waals surface area contributed by atoms with Crippen LogP contribution in [-0.4, -0.2) is 43.5 Å². The summed E-state index contributed by atoms with van der Waals surface area (Å²) < 4.78 is 21.9. The van der Waals surface area contributed by atoms with Crippen LogP contribution in [0, 0.1) is 0 Å². The van der Waals surface area contributed by atoms with Crippen molar-refractivity contribution < 1.29 is 23.7 Å². The minimum absolute atomic E-state index is 0.0853. The van der Waals surface area contributed by atoms with E-state index < -0.39 is 6.10 Å². The molecular weight excluding hydrogens is 441 g/mol. The van der Waals surface area contributed by atoms with Gasteiger partial charge in [0.15, 0.2) is 11.5 Å². The summed E-state index contributed by atoms with van der Waals surface area (Å²) in [7, 11) is 3.20. The summed E-state index contributed by atoms with van der Waals surface area (Å²) in [4.78, 5) is 2.07. The van der Waals surface area contributed by atoms with E-state index in [4.69, 9.17) is 41.8 Å². The number of nitrogens with zero attached hydrogens (tertiary/aromatic N) is 1. The van der Waals surface area contributed by atoms with E-state index in [0.717, 1.165) is 11.3 Å². The molecule has 0 aliphatic heterocycles. The lowest BCUT2D eigenvalue weighted by Crippen LogP contribution is -2.35. The van der Waals surface area contributed by atoms with Gasteiger partial charge in [0.2, 0.25) is 0 Å². The zero-order valence-corrected chi connectivity index (χ0v) is 18.9. The second kappa shape index (κ2) is 11.3. The molecule has 3 aromatic rings. The van der Waals surface area contributed by atoms with Crippen LogP contribution < -0.4 is 14.2 Å². The Kier molecular flexibility index (Phi) is 8.49. The Labute approximate surface area is 191 Å². The summed E-state index contributed by atoms with van der Waals surface area (Å²) in [6.45, 7) is 1.54. The molecule has 0 spiro atoms. The molecule has 1 unspecified atom stereocenters. The molecule has 8 heteroatoms. The van der Waals surface area contributed by atoms with E-state index in [0.29, 0.717) is 46.9 Å². The molecule has 166 valence electrons. The van der Waals surface area contributed by atoms with Crippen LogP contribution in [-0.2, 0) is 13.1 Å². The summed E-state index contributed by atoms with van der Waals surface area (Å²) in [6, 6.07) is 14.5. The standard InChI is InChI=1S/C23H25Cl2NO5/c1-28-22-7-5-16(10-23(22)29-2)12-26(14-19-4-3-9-30-19)13-18(27)15-31-21-8-6-17(24)11-20(21)25/h3-11,18,27H,12-15H2,1-2H3. The highest BCUT2D eigenvalue weighted by atomic mass is 35.5. The first-order valence-corrected chi connectivity index (χ1v) is 10.5. The summed E-state index contributed by atoms with van der Waals surface area (Å²) in [5.41, 5.74) is 1.01. The van der Waals surface area contributed by atoms with Gasteiger partial charge in [-0.3, -0.25) is 4.90 Å².